The molecule has 2 aliphatic heterocycles. The lowest BCUT2D eigenvalue weighted by Crippen LogP contribution is -2.40. The van der Waals surface area contributed by atoms with E-state index in [9.17, 15) is 5.21 Å². The lowest BCUT2D eigenvalue weighted by molar-refractivity contribution is -0.204. The molecule has 110 valence electrons. The third kappa shape index (κ3) is 2.87. The van der Waals surface area contributed by atoms with Crippen LogP contribution in [0, 0.1) is 0 Å². The Bertz CT molecular complexity index is 450. The van der Waals surface area contributed by atoms with Crippen LogP contribution in [-0.4, -0.2) is 47.5 Å². The van der Waals surface area contributed by atoms with Gasteiger partial charge in [-0.2, -0.15) is 5.06 Å². The van der Waals surface area contributed by atoms with Gasteiger partial charge in [-0.1, -0.05) is 30.3 Å². The molecule has 1 aromatic carbocycles. The van der Waals surface area contributed by atoms with Gasteiger partial charge < -0.3 is 19.4 Å². The zero-order valence-electron chi connectivity index (χ0n) is 11.9. The number of fused-ring (bicyclic) bond motifs is 1. The zero-order chi connectivity index (χ0) is 14.2. The summed E-state index contributed by atoms with van der Waals surface area (Å²) >= 11 is 0. The predicted molar refractivity (Wildman–Crippen MR) is 72.2 cm³/mol. The van der Waals surface area contributed by atoms with Gasteiger partial charge in [0, 0.05) is 0 Å². The van der Waals surface area contributed by atoms with Gasteiger partial charge in [0.2, 0.25) is 0 Å². The molecule has 1 aromatic rings. The fourth-order valence-corrected chi connectivity index (χ4v) is 2.87. The van der Waals surface area contributed by atoms with Crippen molar-refractivity contribution >= 4 is 0 Å². The smallest absolute Gasteiger partial charge is 0.163 e. The Morgan fingerprint density at radius 2 is 2.05 bits per heavy atom. The van der Waals surface area contributed by atoms with Crippen molar-refractivity contribution in [2.75, 3.05) is 13.2 Å². The minimum Gasteiger partial charge on any atom is -0.375 e. The van der Waals surface area contributed by atoms with Crippen molar-refractivity contribution in [1.29, 1.82) is 0 Å². The molecule has 5 heteroatoms. The number of benzene rings is 1. The van der Waals surface area contributed by atoms with Crippen LogP contribution < -0.4 is 0 Å². The van der Waals surface area contributed by atoms with Crippen LogP contribution in [0.2, 0.25) is 0 Å². The molecule has 3 atom stereocenters. The van der Waals surface area contributed by atoms with E-state index in [1.54, 1.807) is 0 Å². The predicted octanol–water partition coefficient (Wildman–Crippen LogP) is 1.80. The maximum absolute atomic E-state index is 9.96. The van der Waals surface area contributed by atoms with Gasteiger partial charge in [-0.3, -0.25) is 0 Å². The van der Waals surface area contributed by atoms with E-state index in [2.05, 4.69) is 0 Å². The van der Waals surface area contributed by atoms with Crippen molar-refractivity contribution in [3.8, 4) is 0 Å². The van der Waals surface area contributed by atoms with Crippen LogP contribution in [0.4, 0.5) is 0 Å². The van der Waals surface area contributed by atoms with E-state index in [0.717, 1.165) is 5.56 Å². The second-order valence-electron chi connectivity index (χ2n) is 5.83. The van der Waals surface area contributed by atoms with Crippen LogP contribution in [-0.2, 0) is 20.8 Å². The van der Waals surface area contributed by atoms with Gasteiger partial charge in [0.25, 0.3) is 0 Å². The molecule has 2 saturated heterocycles. The summed E-state index contributed by atoms with van der Waals surface area (Å²) in [5, 5.41) is 11.2. The summed E-state index contributed by atoms with van der Waals surface area (Å²) in [5.74, 6) is -0.575. The molecular formula is C15H21NO4. The topological polar surface area (TPSA) is 51.2 Å². The van der Waals surface area contributed by atoms with Gasteiger partial charge >= 0.3 is 0 Å². The molecule has 2 aliphatic rings. The summed E-state index contributed by atoms with van der Waals surface area (Å²) in [6.07, 6.45) is -0.217. The Morgan fingerprint density at radius 3 is 2.80 bits per heavy atom. The monoisotopic (exact) mass is 279 g/mol. The molecule has 2 heterocycles. The molecule has 0 unspecified atom stereocenters. The summed E-state index contributed by atoms with van der Waals surface area (Å²) in [6, 6.07) is 9.81. The van der Waals surface area contributed by atoms with Crippen LogP contribution in [0.15, 0.2) is 30.3 Å². The van der Waals surface area contributed by atoms with Gasteiger partial charge in [0.05, 0.1) is 25.8 Å². The number of nitrogens with zero attached hydrogens (tertiary/aromatic N) is 1. The average molecular weight is 279 g/mol. The normalized spacial score (nSPS) is 32.5. The van der Waals surface area contributed by atoms with E-state index in [1.165, 1.54) is 5.06 Å². The van der Waals surface area contributed by atoms with Crippen LogP contribution >= 0.6 is 0 Å². The standard InChI is InChI=1S/C15H21NO4/c1-15(2)19-13-8-16(17)12(14(13)20-15)10-18-9-11-6-4-3-5-7-11/h3-7,12-14,17H,8-10H2,1-2H3/t12-,13-,14+/m1/s1. The summed E-state index contributed by atoms with van der Waals surface area (Å²) in [6.45, 7) is 5.22. The van der Waals surface area contributed by atoms with E-state index < -0.39 is 5.79 Å². The minimum absolute atomic E-state index is 0.0830. The van der Waals surface area contributed by atoms with Crippen molar-refractivity contribution in [1.82, 2.24) is 5.06 Å². The lowest BCUT2D eigenvalue weighted by atomic mass is 10.1. The van der Waals surface area contributed by atoms with Crippen LogP contribution in [0.25, 0.3) is 0 Å². The molecule has 3 rings (SSSR count). The highest BCUT2D eigenvalue weighted by Crippen LogP contribution is 2.36. The van der Waals surface area contributed by atoms with E-state index in [1.807, 2.05) is 44.2 Å². The largest absolute Gasteiger partial charge is 0.375 e. The van der Waals surface area contributed by atoms with Crippen molar-refractivity contribution in [3.05, 3.63) is 35.9 Å². The molecule has 0 bridgehead atoms. The molecule has 0 spiro atoms. The van der Waals surface area contributed by atoms with Crippen LogP contribution in [0.5, 0.6) is 0 Å². The molecule has 0 radical (unpaired) electrons. The molecule has 20 heavy (non-hydrogen) atoms. The van der Waals surface area contributed by atoms with E-state index in [-0.39, 0.29) is 18.2 Å². The highest BCUT2D eigenvalue weighted by molar-refractivity contribution is 5.13. The van der Waals surface area contributed by atoms with Gasteiger partial charge in [0.15, 0.2) is 5.79 Å². The van der Waals surface area contributed by atoms with Crippen LogP contribution in [0.3, 0.4) is 0 Å². The van der Waals surface area contributed by atoms with E-state index >= 15 is 0 Å². The Morgan fingerprint density at radius 1 is 1.30 bits per heavy atom. The highest BCUT2D eigenvalue weighted by Gasteiger charge is 2.52. The molecule has 0 amide bonds. The third-order valence-electron chi connectivity index (χ3n) is 3.75. The van der Waals surface area contributed by atoms with Crippen molar-refractivity contribution in [2.45, 2.75) is 44.5 Å². The van der Waals surface area contributed by atoms with Gasteiger partial charge in [-0.15, -0.1) is 0 Å². The fourth-order valence-electron chi connectivity index (χ4n) is 2.87. The van der Waals surface area contributed by atoms with E-state index in [0.29, 0.717) is 19.8 Å². The SMILES string of the molecule is CC1(C)O[C@H]2[C@@H](COCc3ccccc3)N(O)C[C@H]2O1. The minimum atomic E-state index is -0.575. The zero-order valence-corrected chi connectivity index (χ0v) is 11.9. The Labute approximate surface area is 119 Å². The second-order valence-corrected chi connectivity index (χ2v) is 5.83. The highest BCUT2D eigenvalue weighted by atomic mass is 16.8. The molecular weight excluding hydrogens is 258 g/mol. The maximum atomic E-state index is 9.96. The Hall–Kier alpha value is -0.980. The number of rotatable bonds is 4. The first kappa shape index (κ1) is 14.0. The molecule has 0 aliphatic carbocycles. The summed E-state index contributed by atoms with van der Waals surface area (Å²) in [4.78, 5) is 0. The summed E-state index contributed by atoms with van der Waals surface area (Å²) < 4.78 is 17.3. The number of hydrogen-bond acceptors (Lipinski definition) is 5. The van der Waals surface area contributed by atoms with Crippen LogP contribution in [0.1, 0.15) is 19.4 Å². The molecule has 1 N–H and O–H groups in total. The van der Waals surface area contributed by atoms with Crippen molar-refractivity contribution in [2.24, 2.45) is 0 Å². The second kappa shape index (κ2) is 5.42. The average Bonchev–Trinajstić information content (AvgIpc) is 2.83. The number of ether oxygens (including phenoxy) is 3. The molecule has 5 nitrogen and oxygen atoms in total. The first-order chi connectivity index (χ1) is 9.55. The quantitative estimate of drug-likeness (QED) is 0.910. The lowest BCUT2D eigenvalue weighted by Gasteiger charge is -2.25. The molecule has 0 saturated carbocycles. The Kier molecular flexibility index (Phi) is 3.79. The maximum Gasteiger partial charge on any atom is 0.163 e. The number of hydrogen-bond donors (Lipinski definition) is 1. The Balaban J connectivity index is 1.54. The van der Waals surface area contributed by atoms with Gasteiger partial charge in [-0.25, -0.2) is 0 Å². The number of hydroxylamine groups is 2. The first-order valence-electron chi connectivity index (χ1n) is 6.98. The van der Waals surface area contributed by atoms with Gasteiger partial charge in [0.1, 0.15) is 12.2 Å². The summed E-state index contributed by atoms with van der Waals surface area (Å²) in [5.41, 5.74) is 1.12. The van der Waals surface area contributed by atoms with E-state index in [4.69, 9.17) is 14.2 Å². The molecule has 0 aromatic heterocycles. The molecule has 2 fully saturated rings. The van der Waals surface area contributed by atoms with Crippen molar-refractivity contribution in [3.63, 3.8) is 0 Å². The van der Waals surface area contributed by atoms with Crippen molar-refractivity contribution < 1.29 is 19.4 Å². The summed E-state index contributed by atoms with van der Waals surface area (Å²) in [7, 11) is 0. The van der Waals surface area contributed by atoms with Gasteiger partial charge in [-0.05, 0) is 19.4 Å². The third-order valence-corrected chi connectivity index (χ3v) is 3.75. The first-order valence-corrected chi connectivity index (χ1v) is 6.98. The fraction of sp³-hybridized carbons (Fsp3) is 0.600.